The molecule has 4 bridgehead atoms. The average molecular weight is 238 g/mol. The van der Waals surface area contributed by atoms with E-state index in [1.165, 1.54) is 51.9 Å². The molecule has 0 amide bonds. The van der Waals surface area contributed by atoms with E-state index in [9.17, 15) is 5.11 Å². The molecule has 4 aliphatic heterocycles. The summed E-state index contributed by atoms with van der Waals surface area (Å²) < 4.78 is 0. The number of hydrogen-bond acceptors (Lipinski definition) is 1. The zero-order valence-electron chi connectivity index (χ0n) is 11.2. The summed E-state index contributed by atoms with van der Waals surface area (Å²) in [6.07, 6.45) is 5.66. The van der Waals surface area contributed by atoms with Crippen molar-refractivity contribution in [2.45, 2.75) is 51.3 Å². The van der Waals surface area contributed by atoms with E-state index in [1.807, 2.05) is 9.80 Å². The lowest BCUT2D eigenvalue weighted by atomic mass is 9.59. The second-order valence-electron chi connectivity index (χ2n) is 7.91. The van der Waals surface area contributed by atoms with Gasteiger partial charge >= 0.3 is 0 Å². The van der Waals surface area contributed by atoms with Crippen LogP contribution in [0.5, 0.6) is 0 Å². The van der Waals surface area contributed by atoms with Gasteiger partial charge in [0.15, 0.2) is 0 Å². The van der Waals surface area contributed by atoms with Crippen molar-refractivity contribution in [1.29, 1.82) is 0 Å². The van der Waals surface area contributed by atoms with E-state index in [0.717, 1.165) is 0 Å². The molecule has 0 aromatic carbocycles. The fourth-order valence-corrected chi connectivity index (χ4v) is 6.04. The van der Waals surface area contributed by atoms with Crippen molar-refractivity contribution < 1.29 is 14.9 Å². The number of aliphatic hydroxyl groups is 1. The standard InChI is InChI=1S/C14H24N2O/c1-12-7-15-9-13(2,11(12)17)10-16(8-12)14(15)5-3-4-6-14/h11,17H,3-10H2,1-2H3/p+2. The van der Waals surface area contributed by atoms with Gasteiger partial charge < -0.3 is 5.11 Å². The fourth-order valence-electron chi connectivity index (χ4n) is 6.04. The Bertz CT molecular complexity index is 321. The third-order valence-electron chi connectivity index (χ3n) is 6.60. The first-order valence-electron chi connectivity index (χ1n) is 7.37. The van der Waals surface area contributed by atoms with Crippen LogP contribution in [0, 0.1) is 10.8 Å². The third kappa shape index (κ3) is 1.09. The number of aliphatic hydroxyl groups excluding tert-OH is 1. The second-order valence-corrected chi connectivity index (χ2v) is 7.91. The van der Waals surface area contributed by atoms with Crippen LogP contribution < -0.4 is 9.80 Å². The van der Waals surface area contributed by atoms with Crippen LogP contribution >= 0.6 is 0 Å². The molecule has 1 saturated carbocycles. The highest BCUT2D eigenvalue weighted by molar-refractivity contribution is 5.02. The van der Waals surface area contributed by atoms with Gasteiger partial charge in [-0.15, -0.1) is 0 Å². The maximum absolute atomic E-state index is 10.7. The summed E-state index contributed by atoms with van der Waals surface area (Å²) >= 11 is 0. The van der Waals surface area contributed by atoms with E-state index >= 15 is 0 Å². The van der Waals surface area contributed by atoms with Gasteiger partial charge in [-0.1, -0.05) is 0 Å². The van der Waals surface area contributed by atoms with Crippen molar-refractivity contribution in [3.63, 3.8) is 0 Å². The molecule has 1 aliphatic carbocycles. The van der Waals surface area contributed by atoms with Crippen LogP contribution in [0.3, 0.4) is 0 Å². The largest absolute Gasteiger partial charge is 0.391 e. The summed E-state index contributed by atoms with van der Waals surface area (Å²) in [6.45, 7) is 9.52. The molecular weight excluding hydrogens is 212 g/mol. The molecule has 0 radical (unpaired) electrons. The van der Waals surface area contributed by atoms with Crippen LogP contribution in [0.1, 0.15) is 39.5 Å². The van der Waals surface area contributed by atoms with Crippen LogP contribution in [-0.2, 0) is 0 Å². The normalized spacial score (nSPS) is 59.1. The molecule has 5 rings (SSSR count). The van der Waals surface area contributed by atoms with Gasteiger partial charge in [-0.2, -0.15) is 0 Å². The highest BCUT2D eigenvalue weighted by atomic mass is 16.3. The molecule has 3 N–H and O–H groups in total. The molecule has 5 fully saturated rings. The van der Waals surface area contributed by atoms with Crippen LogP contribution in [0.2, 0.25) is 0 Å². The van der Waals surface area contributed by atoms with Gasteiger partial charge in [-0.25, -0.2) is 0 Å². The molecule has 3 nitrogen and oxygen atoms in total. The van der Waals surface area contributed by atoms with Crippen LogP contribution in [0.15, 0.2) is 0 Å². The van der Waals surface area contributed by atoms with Crippen molar-refractivity contribution >= 4 is 0 Å². The highest BCUT2D eigenvalue weighted by Crippen LogP contribution is 2.41. The minimum absolute atomic E-state index is 0.0683. The molecule has 0 unspecified atom stereocenters. The van der Waals surface area contributed by atoms with Gasteiger partial charge in [-0.05, 0) is 26.7 Å². The Morgan fingerprint density at radius 3 is 1.71 bits per heavy atom. The van der Waals surface area contributed by atoms with Crippen molar-refractivity contribution in [3.8, 4) is 0 Å². The number of quaternary nitrogens is 2. The topological polar surface area (TPSA) is 29.1 Å². The zero-order valence-corrected chi connectivity index (χ0v) is 11.2. The Morgan fingerprint density at radius 2 is 1.29 bits per heavy atom. The van der Waals surface area contributed by atoms with Gasteiger partial charge in [0.25, 0.3) is 0 Å². The lowest BCUT2D eigenvalue weighted by Gasteiger charge is -2.66. The van der Waals surface area contributed by atoms with Gasteiger partial charge in [0.1, 0.15) is 0 Å². The Kier molecular flexibility index (Phi) is 1.83. The Balaban J connectivity index is 1.78. The molecule has 96 valence electrons. The first-order valence-corrected chi connectivity index (χ1v) is 7.37. The van der Waals surface area contributed by atoms with Gasteiger partial charge in [0.05, 0.1) is 56.0 Å². The maximum Gasteiger partial charge on any atom is 0.222 e. The summed E-state index contributed by atoms with van der Waals surface area (Å²) in [5, 5.41) is 10.7. The summed E-state index contributed by atoms with van der Waals surface area (Å²) in [5.41, 5.74) is 0.923. The quantitative estimate of drug-likeness (QED) is 0.468. The van der Waals surface area contributed by atoms with Crippen molar-refractivity contribution in [2.24, 2.45) is 10.8 Å². The minimum Gasteiger partial charge on any atom is -0.391 e. The van der Waals surface area contributed by atoms with E-state index in [4.69, 9.17) is 0 Å². The molecular formula is C14H26N2O+2. The number of rotatable bonds is 0. The average Bonchev–Trinajstić information content (AvgIpc) is 2.70. The summed E-state index contributed by atoms with van der Waals surface area (Å²) in [4.78, 5) is 3.66. The van der Waals surface area contributed by atoms with Crippen LogP contribution in [0.4, 0.5) is 0 Å². The first kappa shape index (κ1) is 10.8. The first-order chi connectivity index (χ1) is 7.99. The van der Waals surface area contributed by atoms with Gasteiger partial charge in [-0.3, -0.25) is 9.80 Å². The molecule has 0 aromatic heterocycles. The molecule has 4 saturated heterocycles. The lowest BCUT2D eigenvalue weighted by molar-refractivity contribution is -1.21. The Labute approximate surface area is 104 Å². The van der Waals surface area contributed by atoms with Gasteiger partial charge in [0.2, 0.25) is 5.66 Å². The van der Waals surface area contributed by atoms with E-state index in [2.05, 4.69) is 13.8 Å². The molecule has 1 spiro atoms. The van der Waals surface area contributed by atoms with Crippen molar-refractivity contribution in [1.82, 2.24) is 0 Å². The number of hydrogen-bond donors (Lipinski definition) is 3. The van der Waals surface area contributed by atoms with Crippen LogP contribution in [0.25, 0.3) is 0 Å². The molecule has 3 heteroatoms. The number of nitrogens with one attached hydrogen (secondary N) is 2. The lowest BCUT2D eigenvalue weighted by Crippen LogP contribution is -3.49. The monoisotopic (exact) mass is 238 g/mol. The predicted octanol–water partition coefficient (Wildman–Crippen LogP) is -1.56. The zero-order chi connectivity index (χ0) is 11.9. The summed E-state index contributed by atoms with van der Waals surface area (Å²) in [6, 6.07) is 0. The van der Waals surface area contributed by atoms with Gasteiger partial charge in [0, 0.05) is 0 Å². The second kappa shape index (κ2) is 2.89. The molecule has 5 aliphatic rings. The SMILES string of the molecule is CC12C[NH+]3CC(C)(C[NH+](C1)C31CCCC1)C2O. The Hall–Kier alpha value is -0.120. The number of piperidine rings is 2. The minimum atomic E-state index is -0.0683. The van der Waals surface area contributed by atoms with E-state index in [-0.39, 0.29) is 16.9 Å². The van der Waals surface area contributed by atoms with E-state index in [1.54, 1.807) is 0 Å². The predicted molar refractivity (Wildman–Crippen MR) is 64.8 cm³/mol. The smallest absolute Gasteiger partial charge is 0.222 e. The summed E-state index contributed by atoms with van der Waals surface area (Å²) in [7, 11) is 0. The molecule has 17 heavy (non-hydrogen) atoms. The highest BCUT2D eigenvalue weighted by Gasteiger charge is 2.73. The molecule has 4 heterocycles. The maximum atomic E-state index is 10.7. The molecule has 0 atom stereocenters. The van der Waals surface area contributed by atoms with Crippen molar-refractivity contribution in [3.05, 3.63) is 0 Å². The summed E-state index contributed by atoms with van der Waals surface area (Å²) in [5.74, 6) is 0. The fraction of sp³-hybridized carbons (Fsp3) is 1.00. The van der Waals surface area contributed by atoms with E-state index in [0.29, 0.717) is 5.66 Å². The third-order valence-corrected chi connectivity index (χ3v) is 6.60. The van der Waals surface area contributed by atoms with E-state index < -0.39 is 0 Å². The van der Waals surface area contributed by atoms with Crippen LogP contribution in [-0.4, -0.2) is 43.1 Å². The molecule has 0 aromatic rings. The van der Waals surface area contributed by atoms with Crippen molar-refractivity contribution in [2.75, 3.05) is 26.2 Å². The Morgan fingerprint density at radius 1 is 0.882 bits per heavy atom.